The Balaban J connectivity index is 1.56. The third-order valence-corrected chi connectivity index (χ3v) is 5.20. The summed E-state index contributed by atoms with van der Waals surface area (Å²) in [7, 11) is 1.62. The average Bonchev–Trinajstić information content (AvgIpc) is 3.38. The van der Waals surface area contributed by atoms with Crippen LogP contribution in [0.3, 0.4) is 0 Å². The van der Waals surface area contributed by atoms with Gasteiger partial charge in [-0.25, -0.2) is 4.79 Å². The van der Waals surface area contributed by atoms with E-state index in [0.717, 1.165) is 35.5 Å². The summed E-state index contributed by atoms with van der Waals surface area (Å²) in [6, 6.07) is 10.8. The third kappa shape index (κ3) is 4.74. The van der Waals surface area contributed by atoms with Crippen molar-refractivity contribution in [2.45, 2.75) is 18.9 Å². The van der Waals surface area contributed by atoms with E-state index in [9.17, 15) is 9.59 Å². The Morgan fingerprint density at radius 1 is 1.24 bits per heavy atom. The number of hydrogen-bond donors (Lipinski definition) is 1. The van der Waals surface area contributed by atoms with Crippen LogP contribution in [-0.4, -0.2) is 25.6 Å². The first-order chi connectivity index (χ1) is 12.1. The Morgan fingerprint density at radius 3 is 2.52 bits per heavy atom. The van der Waals surface area contributed by atoms with Crippen molar-refractivity contribution in [3.8, 4) is 5.75 Å². The molecule has 7 heteroatoms. The molecular formula is C18H18ClNO4S. The summed E-state index contributed by atoms with van der Waals surface area (Å²) in [6.07, 6.45) is 2.15. The highest BCUT2D eigenvalue weighted by atomic mass is 35.5. The van der Waals surface area contributed by atoms with Crippen LogP contribution in [0.4, 0.5) is 0 Å². The number of carbonyl (C=O) groups is 2. The minimum Gasteiger partial charge on any atom is -0.497 e. The maximum Gasteiger partial charge on any atom is 0.348 e. The largest absolute Gasteiger partial charge is 0.497 e. The molecule has 1 saturated carbocycles. The molecule has 0 bridgehead atoms. The maximum atomic E-state index is 12.2. The summed E-state index contributed by atoms with van der Waals surface area (Å²) < 4.78 is 10.7. The molecule has 0 aliphatic heterocycles. The van der Waals surface area contributed by atoms with Gasteiger partial charge in [-0.3, -0.25) is 4.79 Å². The smallest absolute Gasteiger partial charge is 0.348 e. The number of ether oxygens (including phenoxy) is 2. The van der Waals surface area contributed by atoms with Crippen molar-refractivity contribution in [3.05, 3.63) is 51.2 Å². The van der Waals surface area contributed by atoms with Gasteiger partial charge in [-0.2, -0.15) is 0 Å². The number of rotatable bonds is 7. The molecule has 1 N–H and O–H groups in total. The van der Waals surface area contributed by atoms with E-state index in [0.29, 0.717) is 15.1 Å². The lowest BCUT2D eigenvalue weighted by molar-refractivity contribution is -0.125. The van der Waals surface area contributed by atoms with Crippen molar-refractivity contribution >= 4 is 34.8 Å². The summed E-state index contributed by atoms with van der Waals surface area (Å²) in [5, 5.41) is 2.97. The van der Waals surface area contributed by atoms with Gasteiger partial charge in [0.15, 0.2) is 6.61 Å². The number of halogens is 1. The van der Waals surface area contributed by atoms with Crippen molar-refractivity contribution in [2.24, 2.45) is 5.92 Å². The molecule has 5 nitrogen and oxygen atoms in total. The Labute approximate surface area is 154 Å². The van der Waals surface area contributed by atoms with E-state index in [2.05, 4.69) is 5.32 Å². The Morgan fingerprint density at radius 2 is 1.96 bits per heavy atom. The van der Waals surface area contributed by atoms with Gasteiger partial charge in [-0.05, 0) is 48.6 Å². The summed E-state index contributed by atoms with van der Waals surface area (Å²) in [4.78, 5) is 24.4. The minimum absolute atomic E-state index is 0.0757. The van der Waals surface area contributed by atoms with Crippen LogP contribution in [0.15, 0.2) is 36.4 Å². The van der Waals surface area contributed by atoms with Gasteiger partial charge in [-0.15, -0.1) is 11.3 Å². The fourth-order valence-corrected chi connectivity index (χ4v) is 3.49. The number of thiophene rings is 1. The van der Waals surface area contributed by atoms with Crippen LogP contribution in [0.5, 0.6) is 5.75 Å². The van der Waals surface area contributed by atoms with Gasteiger partial charge in [0.1, 0.15) is 10.6 Å². The molecule has 0 radical (unpaired) electrons. The molecule has 2 aromatic rings. The molecule has 1 heterocycles. The van der Waals surface area contributed by atoms with Gasteiger partial charge >= 0.3 is 5.97 Å². The topological polar surface area (TPSA) is 64.6 Å². The Hall–Kier alpha value is -2.05. The number of amides is 1. The van der Waals surface area contributed by atoms with Crippen LogP contribution in [0.25, 0.3) is 0 Å². The molecule has 132 valence electrons. The number of hydrogen-bond acceptors (Lipinski definition) is 5. The minimum atomic E-state index is -0.542. The summed E-state index contributed by atoms with van der Waals surface area (Å²) in [6.45, 7) is -0.312. The molecule has 1 amide bonds. The zero-order valence-corrected chi connectivity index (χ0v) is 15.2. The molecule has 3 rings (SSSR count). The van der Waals surface area contributed by atoms with Crippen LogP contribution in [-0.2, 0) is 9.53 Å². The molecular weight excluding hydrogens is 362 g/mol. The maximum absolute atomic E-state index is 12.2. The van der Waals surface area contributed by atoms with Crippen molar-refractivity contribution in [2.75, 3.05) is 13.7 Å². The lowest BCUT2D eigenvalue weighted by atomic mass is 10.0. The van der Waals surface area contributed by atoms with Crippen LogP contribution >= 0.6 is 22.9 Å². The molecule has 0 spiro atoms. The van der Waals surface area contributed by atoms with E-state index >= 15 is 0 Å². The quantitative estimate of drug-likeness (QED) is 0.742. The molecule has 1 aromatic heterocycles. The van der Waals surface area contributed by atoms with Crippen molar-refractivity contribution in [3.63, 3.8) is 0 Å². The van der Waals surface area contributed by atoms with E-state index < -0.39 is 5.97 Å². The lowest BCUT2D eigenvalue weighted by Gasteiger charge is -2.19. The molecule has 0 saturated heterocycles. The number of methoxy groups -OCH3 is 1. The van der Waals surface area contributed by atoms with E-state index in [4.69, 9.17) is 21.1 Å². The van der Waals surface area contributed by atoms with Gasteiger partial charge in [0.25, 0.3) is 5.91 Å². The molecule has 1 fully saturated rings. The Bertz CT molecular complexity index is 755. The first-order valence-electron chi connectivity index (χ1n) is 7.92. The van der Waals surface area contributed by atoms with Gasteiger partial charge in [-0.1, -0.05) is 23.7 Å². The van der Waals surface area contributed by atoms with Crippen LogP contribution in [0.1, 0.15) is 34.1 Å². The van der Waals surface area contributed by atoms with Gasteiger partial charge in [0.2, 0.25) is 0 Å². The van der Waals surface area contributed by atoms with E-state index in [-0.39, 0.29) is 18.6 Å². The third-order valence-electron chi connectivity index (χ3n) is 3.99. The fourth-order valence-electron chi connectivity index (χ4n) is 2.56. The molecule has 1 unspecified atom stereocenters. The van der Waals surface area contributed by atoms with Crippen molar-refractivity contribution < 1.29 is 19.1 Å². The predicted molar refractivity (Wildman–Crippen MR) is 96.2 cm³/mol. The fraction of sp³-hybridized carbons (Fsp3) is 0.333. The second-order valence-corrected chi connectivity index (χ2v) is 7.55. The standard InChI is InChI=1S/C18H18ClNO4S/c1-23-13-6-4-12(5-7-13)17(11-2-3-11)20-16(21)10-24-18(22)14-8-9-15(19)25-14/h4-9,11,17H,2-3,10H2,1H3,(H,20,21). The molecule has 1 aliphatic rings. The molecule has 1 aliphatic carbocycles. The van der Waals surface area contributed by atoms with Gasteiger partial charge < -0.3 is 14.8 Å². The van der Waals surface area contributed by atoms with Crippen molar-refractivity contribution in [1.82, 2.24) is 5.32 Å². The second-order valence-electron chi connectivity index (χ2n) is 5.84. The molecule has 25 heavy (non-hydrogen) atoms. The highest BCUT2D eigenvalue weighted by Gasteiger charge is 2.33. The normalized spacial score (nSPS) is 14.6. The van der Waals surface area contributed by atoms with E-state index in [1.807, 2.05) is 24.3 Å². The highest BCUT2D eigenvalue weighted by molar-refractivity contribution is 7.17. The zero-order valence-electron chi connectivity index (χ0n) is 13.7. The van der Waals surface area contributed by atoms with Gasteiger partial charge in [0, 0.05) is 0 Å². The molecule has 1 aromatic carbocycles. The SMILES string of the molecule is COc1ccc(C(NC(=O)COC(=O)c2ccc(Cl)s2)C2CC2)cc1. The number of nitrogens with one attached hydrogen (secondary N) is 1. The number of carbonyl (C=O) groups excluding carboxylic acids is 2. The van der Waals surface area contributed by atoms with Gasteiger partial charge in [0.05, 0.1) is 17.5 Å². The average molecular weight is 380 g/mol. The van der Waals surface area contributed by atoms with E-state index in [1.54, 1.807) is 19.2 Å². The number of benzene rings is 1. The van der Waals surface area contributed by atoms with Crippen LogP contribution in [0, 0.1) is 5.92 Å². The summed E-state index contributed by atoms with van der Waals surface area (Å²) >= 11 is 6.91. The zero-order chi connectivity index (χ0) is 17.8. The Kier molecular flexibility index (Phi) is 5.60. The first-order valence-corrected chi connectivity index (χ1v) is 9.12. The summed E-state index contributed by atoms with van der Waals surface area (Å²) in [5.41, 5.74) is 1.02. The van der Waals surface area contributed by atoms with Crippen LogP contribution < -0.4 is 10.1 Å². The highest BCUT2D eigenvalue weighted by Crippen LogP contribution is 2.41. The van der Waals surface area contributed by atoms with Crippen LogP contribution in [0.2, 0.25) is 4.34 Å². The first kappa shape index (κ1) is 17.8. The van der Waals surface area contributed by atoms with Crippen molar-refractivity contribution in [1.29, 1.82) is 0 Å². The number of esters is 1. The molecule has 1 atom stereocenters. The lowest BCUT2D eigenvalue weighted by Crippen LogP contribution is -2.33. The van der Waals surface area contributed by atoms with E-state index in [1.165, 1.54) is 0 Å². The second kappa shape index (κ2) is 7.89. The summed E-state index contributed by atoms with van der Waals surface area (Å²) in [5.74, 6) is 0.334. The predicted octanol–water partition coefficient (Wildman–Crippen LogP) is 3.83. The monoisotopic (exact) mass is 379 g/mol.